The van der Waals surface area contributed by atoms with Crippen LogP contribution in [0.4, 0.5) is 32.2 Å². The van der Waals surface area contributed by atoms with Gasteiger partial charge in [-0.2, -0.15) is 28.2 Å². The Bertz CT molecular complexity index is 2560. The lowest BCUT2D eigenvalue weighted by Crippen LogP contribution is -2.56. The van der Waals surface area contributed by atoms with Gasteiger partial charge in [-0.15, -0.1) is 6.42 Å². The number of carbonyl (C=O) groups excluding carboxylic acids is 1. The molecule has 3 aromatic carbocycles. The van der Waals surface area contributed by atoms with Crippen molar-refractivity contribution in [1.29, 1.82) is 0 Å². The number of ether oxygens (including phenoxy) is 1. The van der Waals surface area contributed by atoms with E-state index in [0.29, 0.717) is 36.6 Å². The van der Waals surface area contributed by atoms with Gasteiger partial charge < -0.3 is 19.6 Å². The molecule has 2 aromatic heterocycles. The van der Waals surface area contributed by atoms with Gasteiger partial charge in [0.25, 0.3) is 0 Å². The third-order valence-corrected chi connectivity index (χ3v) is 12.9. The molecule has 6 atom stereocenters. The zero-order valence-electron chi connectivity index (χ0n) is 30.8. The number of amides is 1. The van der Waals surface area contributed by atoms with Gasteiger partial charge in [0.1, 0.15) is 41.2 Å². The van der Waals surface area contributed by atoms with Gasteiger partial charge in [0, 0.05) is 67.7 Å². The summed E-state index contributed by atoms with van der Waals surface area (Å²) in [4.78, 5) is 28.6. The van der Waals surface area contributed by atoms with E-state index in [1.165, 1.54) is 28.9 Å². The molecule has 57 heavy (non-hydrogen) atoms. The molecule has 5 aliphatic rings. The van der Waals surface area contributed by atoms with Crippen molar-refractivity contribution in [1.82, 2.24) is 29.5 Å². The lowest BCUT2D eigenvalue weighted by atomic mass is 9.91. The third-order valence-electron chi connectivity index (χ3n) is 12.9. The van der Waals surface area contributed by atoms with Crippen molar-refractivity contribution in [2.24, 2.45) is 18.9 Å². The molecule has 2 unspecified atom stereocenters. The second-order valence-electron chi connectivity index (χ2n) is 16.4. The molecule has 10 rings (SSSR count). The molecule has 1 aliphatic carbocycles. The van der Waals surface area contributed by atoms with Crippen LogP contribution in [-0.2, 0) is 11.8 Å². The van der Waals surface area contributed by atoms with Crippen LogP contribution in [0.25, 0.3) is 43.7 Å². The average molecular weight is 790 g/mol. The molecule has 2 bridgehead atoms. The number of anilines is 1. The third kappa shape index (κ3) is 5.59. The van der Waals surface area contributed by atoms with E-state index >= 15 is 8.78 Å². The molecule has 296 valence electrons. The summed E-state index contributed by atoms with van der Waals surface area (Å²) in [6, 6.07) is 4.35. The topological polar surface area (TPSA) is 99.9 Å². The minimum absolute atomic E-state index is 0.0548. The van der Waals surface area contributed by atoms with Gasteiger partial charge >= 0.3 is 12.2 Å². The Labute approximate surface area is 322 Å². The highest BCUT2D eigenvalue weighted by molar-refractivity contribution is 6.18. The normalized spacial score (nSPS) is 27.2. The van der Waals surface area contributed by atoms with Crippen LogP contribution in [0.1, 0.15) is 44.1 Å². The molecular weight excluding hydrogens is 752 g/mol. The first kappa shape index (κ1) is 36.1. The quantitative estimate of drug-likeness (QED) is 0.151. The molecule has 5 aromatic rings. The van der Waals surface area contributed by atoms with E-state index in [0.717, 1.165) is 13.0 Å². The average Bonchev–Trinajstić information content (AvgIpc) is 3.52. The predicted octanol–water partition coefficient (Wildman–Crippen LogP) is 6.64. The van der Waals surface area contributed by atoms with Crippen LogP contribution in [0, 0.1) is 35.8 Å². The van der Waals surface area contributed by atoms with E-state index in [2.05, 4.69) is 20.9 Å². The number of piperazine rings is 1. The number of terminal acetylenes is 1. The van der Waals surface area contributed by atoms with Crippen molar-refractivity contribution >= 4 is 44.3 Å². The summed E-state index contributed by atoms with van der Waals surface area (Å²) in [6.45, 7) is 1.49. The van der Waals surface area contributed by atoms with Gasteiger partial charge in [0.15, 0.2) is 5.82 Å². The smallest absolute Gasteiger partial charge is 0.392 e. The van der Waals surface area contributed by atoms with E-state index in [4.69, 9.17) is 16.1 Å². The molecule has 1 N–H and O–H groups in total. The van der Waals surface area contributed by atoms with E-state index in [1.54, 1.807) is 18.1 Å². The first-order valence-electron chi connectivity index (χ1n) is 19.2. The number of phenols is 1. The van der Waals surface area contributed by atoms with Crippen LogP contribution < -0.4 is 9.64 Å². The fourth-order valence-corrected chi connectivity index (χ4v) is 10.3. The number of rotatable bonds is 6. The molecular formula is C41H37F6N7O3. The van der Waals surface area contributed by atoms with Crippen molar-refractivity contribution in [3.63, 3.8) is 0 Å². The zero-order valence-corrected chi connectivity index (χ0v) is 30.8. The van der Waals surface area contributed by atoms with Crippen molar-refractivity contribution in [3.05, 3.63) is 47.7 Å². The highest BCUT2D eigenvalue weighted by Gasteiger charge is 2.61. The molecule has 0 radical (unpaired) electrons. The number of aromatic hydroxyl groups is 1. The monoisotopic (exact) mass is 789 g/mol. The van der Waals surface area contributed by atoms with Gasteiger partial charge in [-0.1, -0.05) is 12.0 Å². The maximum absolute atomic E-state index is 17.7. The molecule has 4 aliphatic heterocycles. The van der Waals surface area contributed by atoms with E-state index in [-0.39, 0.29) is 88.6 Å². The van der Waals surface area contributed by atoms with Gasteiger partial charge in [-0.3, -0.25) is 14.4 Å². The van der Waals surface area contributed by atoms with Crippen LogP contribution in [0.3, 0.4) is 0 Å². The van der Waals surface area contributed by atoms with Crippen LogP contribution in [-0.4, -0.2) is 103 Å². The van der Waals surface area contributed by atoms with E-state index in [1.807, 2.05) is 4.90 Å². The Hall–Kier alpha value is -5.30. The first-order chi connectivity index (χ1) is 27.2. The lowest BCUT2D eigenvalue weighted by molar-refractivity contribution is -0.158. The molecule has 5 fully saturated rings. The van der Waals surface area contributed by atoms with Crippen molar-refractivity contribution in [2.75, 3.05) is 37.7 Å². The zero-order chi connectivity index (χ0) is 39.7. The Kier molecular flexibility index (Phi) is 7.97. The predicted molar refractivity (Wildman–Crippen MR) is 198 cm³/mol. The fourth-order valence-electron chi connectivity index (χ4n) is 10.3. The lowest BCUT2D eigenvalue weighted by Gasteiger charge is -2.42. The number of fused-ring (bicyclic) bond motifs is 7. The second-order valence-corrected chi connectivity index (χ2v) is 16.4. The van der Waals surface area contributed by atoms with Crippen molar-refractivity contribution < 1.29 is 41.0 Å². The number of hydrogen-bond donors (Lipinski definition) is 1. The molecule has 1 amide bonds. The number of alkyl halides is 4. The number of phenolic OH excluding ortho intramolecular Hbond substituents is 1. The van der Waals surface area contributed by atoms with Crippen LogP contribution in [0.15, 0.2) is 30.5 Å². The summed E-state index contributed by atoms with van der Waals surface area (Å²) in [5.74, 6) is -2.34. The number of benzene rings is 3. The van der Waals surface area contributed by atoms with Crippen LogP contribution in [0.2, 0.25) is 0 Å². The van der Waals surface area contributed by atoms with E-state index < -0.39 is 59.3 Å². The van der Waals surface area contributed by atoms with Crippen molar-refractivity contribution in [2.45, 2.75) is 68.5 Å². The Balaban J connectivity index is 1.14. The number of aryl methyl sites for hydroxylation is 1. The summed E-state index contributed by atoms with van der Waals surface area (Å²) in [5.41, 5.74) is -0.708. The summed E-state index contributed by atoms with van der Waals surface area (Å²) in [6.07, 6.45) is 4.79. The molecule has 1 saturated carbocycles. The van der Waals surface area contributed by atoms with Gasteiger partial charge in [-0.05, 0) is 67.8 Å². The number of nitrogens with zero attached hydrogens (tertiary/aromatic N) is 7. The minimum atomic E-state index is -4.43. The summed E-state index contributed by atoms with van der Waals surface area (Å²) < 4.78 is 96.0. The highest BCUT2D eigenvalue weighted by atomic mass is 19.4. The van der Waals surface area contributed by atoms with E-state index in [9.17, 15) is 27.5 Å². The van der Waals surface area contributed by atoms with Gasteiger partial charge in [-0.25, -0.2) is 13.2 Å². The number of halogens is 6. The molecule has 16 heteroatoms. The Morgan fingerprint density at radius 2 is 1.86 bits per heavy atom. The largest absolute Gasteiger partial charge is 0.508 e. The van der Waals surface area contributed by atoms with Gasteiger partial charge in [0.2, 0.25) is 5.91 Å². The standard InChI is InChI=1S/C41H37F6N7O3/c1-3-25-30(43)8-5-20-11-24(55)12-27(31(20)25)32-34(44)36-33(28-18-51(2)50-35(28)32)37(49-39(48-36)57-19-40-9-4-10-53(40)15-21(42)14-40)52-16-22-6-7-23(17-52)54(22)38(56)26-13-29(26)41(45,46)47/h1,5,8,11-12,18,21-23,26,29,55H,4,6-7,9-10,13-17,19H2,2H3/t21-,22-,23+,26?,29?,40+/m1/s1. The maximum Gasteiger partial charge on any atom is 0.392 e. The first-order valence-corrected chi connectivity index (χ1v) is 19.2. The van der Waals surface area contributed by atoms with Gasteiger partial charge in [0.05, 0.1) is 28.3 Å². The Morgan fingerprint density at radius 1 is 1.09 bits per heavy atom. The summed E-state index contributed by atoms with van der Waals surface area (Å²) >= 11 is 0. The number of carbonyl (C=O) groups is 1. The highest BCUT2D eigenvalue weighted by Crippen LogP contribution is 2.53. The summed E-state index contributed by atoms with van der Waals surface area (Å²) in [7, 11) is 1.65. The molecule has 4 saturated heterocycles. The summed E-state index contributed by atoms with van der Waals surface area (Å²) in [5, 5.41) is 16.8. The number of aromatic nitrogens is 4. The maximum atomic E-state index is 17.7. The van der Waals surface area contributed by atoms with Crippen LogP contribution >= 0.6 is 0 Å². The minimum Gasteiger partial charge on any atom is -0.508 e. The Morgan fingerprint density at radius 3 is 2.58 bits per heavy atom. The van der Waals surface area contributed by atoms with Crippen LogP contribution in [0.5, 0.6) is 11.8 Å². The molecule has 10 nitrogen and oxygen atoms in total. The fraction of sp³-hybridized carbons (Fsp3) is 0.463. The SMILES string of the molecule is C#Cc1c(F)ccc2cc(O)cc(-c3c(F)c4nc(OC[C@@]56CCCN5C[C@H](F)C6)nc(N5C[C@H]6CC[C@@H](C5)N6C(=O)C5CC5C(F)(F)F)c4c4cn(C)nc34)c12. The number of hydrogen-bond acceptors (Lipinski definition) is 8. The molecule has 0 spiro atoms. The second kappa shape index (κ2) is 12.6. The van der Waals surface area contributed by atoms with Crippen molar-refractivity contribution in [3.8, 4) is 35.2 Å². The molecule has 6 heterocycles.